The molecule has 1 aromatic rings. The third-order valence-electron chi connectivity index (χ3n) is 4.07. The zero-order valence-electron chi connectivity index (χ0n) is 13.4. The van der Waals surface area contributed by atoms with Gasteiger partial charge in [0.05, 0.1) is 10.6 Å². The van der Waals surface area contributed by atoms with Gasteiger partial charge in [0.2, 0.25) is 5.91 Å². The second-order valence-corrected chi connectivity index (χ2v) is 6.66. The molecular formula is C17H22ClFN2O2. The lowest BCUT2D eigenvalue weighted by molar-refractivity contribution is -0.124. The SMILES string of the molecule is CC(C)C(=O)NCC1CCCN(C(=O)c2c(F)cccc2Cl)C1. The van der Waals surface area contributed by atoms with E-state index in [2.05, 4.69) is 5.32 Å². The average molecular weight is 341 g/mol. The van der Waals surface area contributed by atoms with E-state index in [0.29, 0.717) is 19.6 Å². The summed E-state index contributed by atoms with van der Waals surface area (Å²) in [6.07, 6.45) is 1.77. The highest BCUT2D eigenvalue weighted by Gasteiger charge is 2.27. The van der Waals surface area contributed by atoms with Crippen molar-refractivity contribution in [3.8, 4) is 0 Å². The molecular weight excluding hydrogens is 319 g/mol. The van der Waals surface area contributed by atoms with Gasteiger partial charge in [-0.05, 0) is 30.9 Å². The summed E-state index contributed by atoms with van der Waals surface area (Å²) >= 11 is 5.97. The van der Waals surface area contributed by atoms with Gasteiger partial charge in [0.15, 0.2) is 0 Å². The monoisotopic (exact) mass is 340 g/mol. The van der Waals surface area contributed by atoms with Crippen LogP contribution in [0.4, 0.5) is 4.39 Å². The third kappa shape index (κ3) is 4.44. The van der Waals surface area contributed by atoms with Crippen LogP contribution in [-0.2, 0) is 4.79 Å². The smallest absolute Gasteiger partial charge is 0.258 e. The third-order valence-corrected chi connectivity index (χ3v) is 4.39. The van der Waals surface area contributed by atoms with E-state index in [0.717, 1.165) is 12.8 Å². The number of piperidine rings is 1. The van der Waals surface area contributed by atoms with Gasteiger partial charge in [-0.25, -0.2) is 4.39 Å². The minimum Gasteiger partial charge on any atom is -0.356 e. The van der Waals surface area contributed by atoms with Crippen LogP contribution in [0.1, 0.15) is 37.0 Å². The summed E-state index contributed by atoms with van der Waals surface area (Å²) in [6, 6.07) is 4.24. The highest BCUT2D eigenvalue weighted by molar-refractivity contribution is 6.33. The van der Waals surface area contributed by atoms with Gasteiger partial charge >= 0.3 is 0 Å². The number of halogens is 2. The number of amides is 2. The minimum atomic E-state index is -0.599. The van der Waals surface area contributed by atoms with E-state index in [-0.39, 0.29) is 34.2 Å². The Bertz CT molecular complexity index is 572. The first-order valence-electron chi connectivity index (χ1n) is 7.91. The number of nitrogens with one attached hydrogen (secondary N) is 1. The first-order valence-corrected chi connectivity index (χ1v) is 8.29. The predicted octanol–water partition coefficient (Wildman–Crippen LogP) is 3.10. The molecule has 0 saturated carbocycles. The maximum atomic E-state index is 13.9. The van der Waals surface area contributed by atoms with Gasteiger partial charge in [-0.2, -0.15) is 0 Å². The Morgan fingerprint density at radius 1 is 1.43 bits per heavy atom. The van der Waals surface area contributed by atoms with Crippen LogP contribution in [0.2, 0.25) is 5.02 Å². The van der Waals surface area contributed by atoms with Crippen molar-refractivity contribution in [3.63, 3.8) is 0 Å². The molecule has 1 aliphatic heterocycles. The number of carbonyl (C=O) groups is 2. The predicted molar refractivity (Wildman–Crippen MR) is 87.9 cm³/mol. The number of nitrogens with zero attached hydrogens (tertiary/aromatic N) is 1. The highest BCUT2D eigenvalue weighted by Crippen LogP contribution is 2.24. The quantitative estimate of drug-likeness (QED) is 0.915. The molecule has 1 N–H and O–H groups in total. The fourth-order valence-corrected chi connectivity index (χ4v) is 2.97. The summed E-state index contributed by atoms with van der Waals surface area (Å²) in [4.78, 5) is 25.8. The summed E-state index contributed by atoms with van der Waals surface area (Å²) < 4.78 is 13.9. The van der Waals surface area contributed by atoms with Crippen molar-refractivity contribution < 1.29 is 14.0 Å². The Hall–Kier alpha value is -1.62. The van der Waals surface area contributed by atoms with E-state index in [9.17, 15) is 14.0 Å². The molecule has 0 spiro atoms. The Morgan fingerprint density at radius 3 is 2.83 bits per heavy atom. The first-order chi connectivity index (χ1) is 10.9. The molecule has 1 unspecified atom stereocenters. The molecule has 0 bridgehead atoms. The number of benzene rings is 1. The van der Waals surface area contributed by atoms with Crippen LogP contribution in [-0.4, -0.2) is 36.3 Å². The Labute approximate surface area is 141 Å². The molecule has 2 rings (SSSR count). The fourth-order valence-electron chi connectivity index (χ4n) is 2.73. The van der Waals surface area contributed by atoms with Crippen molar-refractivity contribution in [2.75, 3.05) is 19.6 Å². The summed E-state index contributed by atoms with van der Waals surface area (Å²) in [5, 5.41) is 3.03. The summed E-state index contributed by atoms with van der Waals surface area (Å²) in [6.45, 7) is 5.30. The van der Waals surface area contributed by atoms with E-state index in [4.69, 9.17) is 11.6 Å². The molecule has 0 aromatic heterocycles. The van der Waals surface area contributed by atoms with Crippen LogP contribution in [0.5, 0.6) is 0 Å². The maximum Gasteiger partial charge on any atom is 0.258 e. The largest absolute Gasteiger partial charge is 0.356 e. The molecule has 0 radical (unpaired) electrons. The van der Waals surface area contributed by atoms with Crippen molar-refractivity contribution in [3.05, 3.63) is 34.6 Å². The molecule has 1 aliphatic rings. The van der Waals surface area contributed by atoms with Crippen LogP contribution in [0.25, 0.3) is 0 Å². The van der Waals surface area contributed by atoms with Crippen molar-refractivity contribution in [2.45, 2.75) is 26.7 Å². The van der Waals surface area contributed by atoms with Gasteiger partial charge in [-0.3, -0.25) is 9.59 Å². The molecule has 2 amide bonds. The van der Waals surface area contributed by atoms with E-state index in [1.807, 2.05) is 13.8 Å². The van der Waals surface area contributed by atoms with Gasteiger partial charge in [-0.1, -0.05) is 31.5 Å². The highest BCUT2D eigenvalue weighted by atomic mass is 35.5. The number of rotatable bonds is 4. The molecule has 6 heteroatoms. The lowest BCUT2D eigenvalue weighted by Gasteiger charge is -2.33. The maximum absolute atomic E-state index is 13.9. The standard InChI is InChI=1S/C17H22ClFN2O2/c1-11(2)16(22)20-9-12-5-4-8-21(10-12)17(23)15-13(18)6-3-7-14(15)19/h3,6-7,11-12H,4-5,8-10H2,1-2H3,(H,20,22). The second kappa shape index (κ2) is 7.77. The van der Waals surface area contributed by atoms with Gasteiger partial charge in [-0.15, -0.1) is 0 Å². The molecule has 1 heterocycles. The van der Waals surface area contributed by atoms with Gasteiger partial charge in [0, 0.05) is 25.6 Å². The van der Waals surface area contributed by atoms with E-state index in [1.165, 1.54) is 18.2 Å². The number of hydrogen-bond acceptors (Lipinski definition) is 2. The molecule has 4 nitrogen and oxygen atoms in total. The van der Waals surface area contributed by atoms with Crippen LogP contribution in [0.3, 0.4) is 0 Å². The van der Waals surface area contributed by atoms with E-state index >= 15 is 0 Å². The second-order valence-electron chi connectivity index (χ2n) is 6.26. The van der Waals surface area contributed by atoms with Crippen molar-refractivity contribution in [2.24, 2.45) is 11.8 Å². The molecule has 1 saturated heterocycles. The zero-order chi connectivity index (χ0) is 17.0. The zero-order valence-corrected chi connectivity index (χ0v) is 14.2. The first kappa shape index (κ1) is 17.7. The molecule has 1 atom stereocenters. The number of hydrogen-bond donors (Lipinski definition) is 1. The summed E-state index contributed by atoms with van der Waals surface area (Å²) in [5.74, 6) is -0.856. The average Bonchev–Trinajstić information content (AvgIpc) is 2.52. The topological polar surface area (TPSA) is 49.4 Å². The van der Waals surface area contributed by atoms with Crippen molar-refractivity contribution in [1.82, 2.24) is 10.2 Å². The fraction of sp³-hybridized carbons (Fsp3) is 0.529. The lowest BCUT2D eigenvalue weighted by Crippen LogP contribution is -2.44. The van der Waals surface area contributed by atoms with Crippen LogP contribution in [0, 0.1) is 17.7 Å². The summed E-state index contributed by atoms with van der Waals surface area (Å²) in [5.41, 5.74) is -0.0685. The Morgan fingerprint density at radius 2 is 2.17 bits per heavy atom. The molecule has 1 fully saturated rings. The van der Waals surface area contributed by atoms with E-state index < -0.39 is 5.82 Å². The van der Waals surface area contributed by atoms with Crippen LogP contribution < -0.4 is 5.32 Å². The van der Waals surface area contributed by atoms with Gasteiger partial charge in [0.1, 0.15) is 5.82 Å². The normalized spacial score (nSPS) is 18.1. The lowest BCUT2D eigenvalue weighted by atomic mass is 9.97. The van der Waals surface area contributed by atoms with Crippen molar-refractivity contribution >= 4 is 23.4 Å². The molecule has 23 heavy (non-hydrogen) atoms. The number of likely N-dealkylation sites (tertiary alicyclic amines) is 1. The van der Waals surface area contributed by atoms with E-state index in [1.54, 1.807) is 4.90 Å². The van der Waals surface area contributed by atoms with Crippen molar-refractivity contribution in [1.29, 1.82) is 0 Å². The van der Waals surface area contributed by atoms with Crippen LogP contribution >= 0.6 is 11.6 Å². The Kier molecular flexibility index (Phi) is 5.99. The minimum absolute atomic E-state index is 0.00518. The van der Waals surface area contributed by atoms with Gasteiger partial charge in [0.25, 0.3) is 5.91 Å². The molecule has 1 aromatic carbocycles. The molecule has 0 aliphatic carbocycles. The summed E-state index contributed by atoms with van der Waals surface area (Å²) in [7, 11) is 0. The number of carbonyl (C=O) groups excluding carboxylic acids is 2. The molecule has 126 valence electrons. The van der Waals surface area contributed by atoms with Crippen LogP contribution in [0.15, 0.2) is 18.2 Å². The van der Waals surface area contributed by atoms with Gasteiger partial charge < -0.3 is 10.2 Å². The Balaban J connectivity index is 2.00.